The van der Waals surface area contributed by atoms with Gasteiger partial charge in [0.25, 0.3) is 17.6 Å². The summed E-state index contributed by atoms with van der Waals surface area (Å²) >= 11 is 0.882. The molecule has 1 aliphatic heterocycles. The minimum Gasteiger partial charge on any atom is -0.444 e. The third-order valence-electron chi connectivity index (χ3n) is 3.67. The molecular formula is C15H24N4O9S2. The lowest BCUT2D eigenvalue weighted by Gasteiger charge is -2.50. The molecule has 0 aliphatic carbocycles. The van der Waals surface area contributed by atoms with Gasteiger partial charge in [0.1, 0.15) is 17.3 Å². The van der Waals surface area contributed by atoms with Crippen LogP contribution in [0.1, 0.15) is 48.0 Å². The Morgan fingerprint density at radius 3 is 2.43 bits per heavy atom. The van der Waals surface area contributed by atoms with Gasteiger partial charge in [-0.1, -0.05) is 0 Å². The van der Waals surface area contributed by atoms with E-state index in [9.17, 15) is 27.6 Å². The lowest BCUT2D eigenvalue weighted by Crippen LogP contribution is -2.76. The summed E-state index contributed by atoms with van der Waals surface area (Å²) in [6.45, 7) is 7.69. The van der Waals surface area contributed by atoms with Crippen LogP contribution in [0.15, 0.2) is 5.38 Å². The second-order valence-corrected chi connectivity index (χ2v) is 9.55. The van der Waals surface area contributed by atoms with Crippen molar-refractivity contribution < 1.29 is 44.0 Å². The first-order valence-electron chi connectivity index (χ1n) is 8.33. The van der Waals surface area contributed by atoms with Gasteiger partial charge in [0, 0.05) is 8.23 Å². The molecule has 1 aromatic rings. The normalized spacial score (nSPS) is 18.4. The SMILES string of the molecule is CC(C)(C)OC(=O)Nc1nc(C(=O)C(=O)N[C@@H]2C(=O)N(OS(=O)(=O)O)C2(C)C)cs1.[HH].[HH]. The van der Waals surface area contributed by atoms with Crippen molar-refractivity contribution in [2.24, 2.45) is 0 Å². The summed E-state index contributed by atoms with van der Waals surface area (Å²) in [6, 6.07) is -1.28. The van der Waals surface area contributed by atoms with Crippen LogP contribution in [0.4, 0.5) is 9.93 Å². The van der Waals surface area contributed by atoms with Crippen molar-refractivity contribution in [1.82, 2.24) is 15.4 Å². The Balaban J connectivity index is 0.00000480. The predicted octanol–water partition coefficient (Wildman–Crippen LogP) is 1.00. The number of ketones is 1. The molecule has 170 valence electrons. The van der Waals surface area contributed by atoms with Crippen LogP contribution in [0.3, 0.4) is 0 Å². The predicted molar refractivity (Wildman–Crippen MR) is 106 cm³/mol. The van der Waals surface area contributed by atoms with Crippen molar-refractivity contribution in [1.29, 1.82) is 0 Å². The molecule has 1 aliphatic rings. The zero-order valence-electron chi connectivity index (χ0n) is 16.6. The Labute approximate surface area is 178 Å². The maximum Gasteiger partial charge on any atom is 0.418 e. The average molecular weight is 469 g/mol. The van der Waals surface area contributed by atoms with Gasteiger partial charge in [-0.3, -0.25) is 24.3 Å². The van der Waals surface area contributed by atoms with Crippen molar-refractivity contribution in [3.63, 3.8) is 0 Å². The van der Waals surface area contributed by atoms with Crippen molar-refractivity contribution in [2.45, 2.75) is 51.8 Å². The molecule has 13 nitrogen and oxygen atoms in total. The first-order chi connectivity index (χ1) is 13.5. The van der Waals surface area contributed by atoms with Gasteiger partial charge in [-0.25, -0.2) is 9.78 Å². The number of nitrogens with one attached hydrogen (secondary N) is 2. The molecule has 2 rings (SSSR count). The highest BCUT2D eigenvalue weighted by molar-refractivity contribution is 7.80. The summed E-state index contributed by atoms with van der Waals surface area (Å²) in [4.78, 5) is 52.0. The first-order valence-corrected chi connectivity index (χ1v) is 10.6. The van der Waals surface area contributed by atoms with E-state index < -0.39 is 51.3 Å². The minimum absolute atomic E-state index is 0. The van der Waals surface area contributed by atoms with Gasteiger partial charge in [0.2, 0.25) is 0 Å². The number of Topliss-reactive ketones (excluding diaryl/α,β-unsaturated/α-hetero) is 1. The molecule has 0 bridgehead atoms. The van der Waals surface area contributed by atoms with E-state index in [4.69, 9.17) is 9.29 Å². The Morgan fingerprint density at radius 1 is 1.33 bits per heavy atom. The third kappa shape index (κ3) is 5.50. The van der Waals surface area contributed by atoms with Crippen LogP contribution in [0.5, 0.6) is 0 Å². The third-order valence-corrected chi connectivity index (χ3v) is 4.77. The number of hydrogen-bond donors (Lipinski definition) is 3. The van der Waals surface area contributed by atoms with E-state index in [1.54, 1.807) is 20.8 Å². The quantitative estimate of drug-likeness (QED) is 0.236. The smallest absolute Gasteiger partial charge is 0.418 e. The van der Waals surface area contributed by atoms with Crippen LogP contribution in [-0.2, 0) is 29.0 Å². The number of nitrogens with zero attached hydrogens (tertiary/aromatic N) is 2. The molecule has 1 saturated heterocycles. The zero-order valence-corrected chi connectivity index (χ0v) is 18.2. The van der Waals surface area contributed by atoms with E-state index in [0.717, 1.165) is 11.3 Å². The molecule has 0 spiro atoms. The van der Waals surface area contributed by atoms with E-state index >= 15 is 0 Å². The van der Waals surface area contributed by atoms with Gasteiger partial charge in [-0.15, -0.1) is 15.6 Å². The number of anilines is 1. The number of β-lactam (4-membered cyclic amide) rings is 1. The second-order valence-electron chi connectivity index (χ2n) is 7.69. The Bertz CT molecular complexity index is 1000. The van der Waals surface area contributed by atoms with Crippen LogP contribution in [0.25, 0.3) is 0 Å². The van der Waals surface area contributed by atoms with E-state index in [-0.39, 0.29) is 13.7 Å². The topological polar surface area (TPSA) is 181 Å². The van der Waals surface area contributed by atoms with Crippen LogP contribution in [0.2, 0.25) is 0 Å². The van der Waals surface area contributed by atoms with E-state index in [1.165, 1.54) is 19.2 Å². The zero-order chi connectivity index (χ0) is 23.1. The minimum atomic E-state index is -4.95. The van der Waals surface area contributed by atoms with Gasteiger partial charge >= 0.3 is 16.5 Å². The van der Waals surface area contributed by atoms with Crippen molar-refractivity contribution in [3.8, 4) is 0 Å². The fourth-order valence-corrected chi connectivity index (χ4v) is 3.49. The summed E-state index contributed by atoms with van der Waals surface area (Å²) in [5.41, 5.74) is -2.39. The molecule has 0 unspecified atom stereocenters. The molecule has 0 radical (unpaired) electrons. The van der Waals surface area contributed by atoms with Gasteiger partial charge in [-0.05, 0) is 34.6 Å². The summed E-state index contributed by atoms with van der Waals surface area (Å²) in [5, 5.41) is 6.11. The van der Waals surface area contributed by atoms with Crippen molar-refractivity contribution in [2.75, 3.05) is 5.32 Å². The van der Waals surface area contributed by atoms with Crippen molar-refractivity contribution in [3.05, 3.63) is 11.1 Å². The van der Waals surface area contributed by atoms with E-state index in [0.29, 0.717) is 5.06 Å². The molecule has 1 atom stereocenters. The summed E-state index contributed by atoms with van der Waals surface area (Å²) in [5.74, 6) is -3.24. The molecule has 0 aromatic carbocycles. The number of hydroxylamine groups is 2. The molecule has 3 N–H and O–H groups in total. The fourth-order valence-electron chi connectivity index (χ4n) is 2.36. The second kappa shape index (κ2) is 7.90. The van der Waals surface area contributed by atoms with Gasteiger partial charge in [0.05, 0.1) is 5.54 Å². The number of aromatic nitrogens is 1. The first kappa shape index (κ1) is 23.7. The van der Waals surface area contributed by atoms with Crippen LogP contribution >= 0.6 is 11.3 Å². The molecule has 2 heterocycles. The highest BCUT2D eigenvalue weighted by Crippen LogP contribution is 2.32. The largest absolute Gasteiger partial charge is 0.444 e. The number of hydrogen-bond acceptors (Lipinski definition) is 10. The number of amides is 3. The summed E-state index contributed by atoms with van der Waals surface area (Å²) < 4.78 is 39.5. The summed E-state index contributed by atoms with van der Waals surface area (Å²) in [6.07, 6.45) is -0.791. The van der Waals surface area contributed by atoms with Crippen LogP contribution in [0, 0.1) is 0 Å². The number of thiazole rings is 1. The standard InChI is InChI=1S/C15H20N4O9S2.2H2/c1-14(2,3)27-13(23)18-12-16-7(6-29-12)8(20)10(21)17-9-11(22)19(15(9,4)5)28-30(24,25)26;;/h6,9H,1-5H3,(H,17,21)(H,16,18,23)(H,24,25,26);2*1H/t9-;;/m1../s1. The number of carbonyl (C=O) groups is 4. The van der Waals surface area contributed by atoms with Crippen LogP contribution in [-0.4, -0.2) is 63.9 Å². The monoisotopic (exact) mass is 468 g/mol. The molecule has 3 amide bonds. The van der Waals surface area contributed by atoms with E-state index in [1.807, 2.05) is 0 Å². The molecule has 0 saturated carbocycles. The number of ether oxygens (including phenoxy) is 1. The number of carbonyl (C=O) groups excluding carboxylic acids is 4. The van der Waals surface area contributed by atoms with Gasteiger partial charge in [0.15, 0.2) is 5.13 Å². The molecule has 15 heteroatoms. The molecule has 1 fully saturated rings. The van der Waals surface area contributed by atoms with Gasteiger partial charge in [-0.2, -0.15) is 13.5 Å². The van der Waals surface area contributed by atoms with Crippen molar-refractivity contribution >= 4 is 50.6 Å². The maximum absolute atomic E-state index is 12.3. The highest BCUT2D eigenvalue weighted by Gasteiger charge is 2.58. The fraction of sp³-hybridized carbons (Fsp3) is 0.533. The van der Waals surface area contributed by atoms with E-state index in [2.05, 4.69) is 19.9 Å². The Hall–Kier alpha value is -2.62. The Morgan fingerprint density at radius 2 is 1.93 bits per heavy atom. The Kier molecular flexibility index (Phi) is 6.23. The highest BCUT2D eigenvalue weighted by atomic mass is 32.3. The van der Waals surface area contributed by atoms with Gasteiger partial charge < -0.3 is 10.1 Å². The molecule has 30 heavy (non-hydrogen) atoms. The summed E-state index contributed by atoms with van der Waals surface area (Å²) in [7, 11) is -4.95. The average Bonchev–Trinajstić information content (AvgIpc) is 3.01. The lowest BCUT2D eigenvalue weighted by atomic mass is 9.84. The maximum atomic E-state index is 12.3. The lowest BCUT2D eigenvalue weighted by molar-refractivity contribution is -0.218. The molecule has 1 aromatic heterocycles. The molecular weight excluding hydrogens is 444 g/mol. The van der Waals surface area contributed by atoms with Crippen LogP contribution < -0.4 is 10.6 Å². The number of rotatable bonds is 6.